The molecule has 1 aromatic rings. The number of nitrogens with zero attached hydrogens (tertiary/aromatic N) is 2. The van der Waals surface area contributed by atoms with Crippen LogP contribution in [0, 0.1) is 5.41 Å². The van der Waals surface area contributed by atoms with E-state index in [1.54, 1.807) is 0 Å². The zero-order valence-corrected chi connectivity index (χ0v) is 10.5. The maximum Gasteiger partial charge on any atom is 0.417 e. The number of pyridine rings is 1. The fourth-order valence-electron chi connectivity index (χ4n) is 3.02. The summed E-state index contributed by atoms with van der Waals surface area (Å²) < 4.78 is 37.4. The summed E-state index contributed by atoms with van der Waals surface area (Å²) in [6.45, 7) is 3.80. The van der Waals surface area contributed by atoms with Crippen molar-refractivity contribution in [3.63, 3.8) is 0 Å². The lowest BCUT2D eigenvalue weighted by Crippen LogP contribution is -2.29. The van der Waals surface area contributed by atoms with Gasteiger partial charge in [0, 0.05) is 31.2 Å². The molecule has 19 heavy (non-hydrogen) atoms. The molecule has 1 spiro atoms. The molecule has 0 bridgehead atoms. The zero-order valence-electron chi connectivity index (χ0n) is 10.5. The molecule has 0 aliphatic carbocycles. The van der Waals surface area contributed by atoms with Crippen LogP contribution in [0.5, 0.6) is 0 Å². The summed E-state index contributed by atoms with van der Waals surface area (Å²) in [5.41, 5.74) is -0.391. The van der Waals surface area contributed by atoms with Crippen molar-refractivity contribution in [2.45, 2.75) is 19.0 Å². The van der Waals surface area contributed by atoms with E-state index in [1.165, 1.54) is 6.07 Å². The molecule has 0 radical (unpaired) electrons. The average molecular weight is 271 g/mol. The van der Waals surface area contributed by atoms with Gasteiger partial charge in [0.1, 0.15) is 5.82 Å². The Kier molecular flexibility index (Phi) is 2.92. The Morgan fingerprint density at radius 3 is 2.68 bits per heavy atom. The van der Waals surface area contributed by atoms with Crippen molar-refractivity contribution in [1.82, 2.24) is 10.3 Å². The number of halogens is 3. The summed E-state index contributed by atoms with van der Waals surface area (Å²) in [6, 6.07) is 2.59. The van der Waals surface area contributed by atoms with Crippen molar-refractivity contribution >= 4 is 5.82 Å². The molecular formula is C13H16F3N3. The van der Waals surface area contributed by atoms with Gasteiger partial charge in [0.25, 0.3) is 0 Å². The third-order valence-electron chi connectivity index (χ3n) is 4.17. The van der Waals surface area contributed by atoms with E-state index in [0.717, 1.165) is 51.3 Å². The molecule has 0 aromatic carbocycles. The number of aromatic nitrogens is 1. The monoisotopic (exact) mass is 271 g/mol. The second-order valence-electron chi connectivity index (χ2n) is 5.50. The highest BCUT2D eigenvalue weighted by atomic mass is 19.4. The Morgan fingerprint density at radius 1 is 1.26 bits per heavy atom. The lowest BCUT2D eigenvalue weighted by atomic mass is 9.87. The van der Waals surface area contributed by atoms with Crippen LogP contribution in [0.4, 0.5) is 19.0 Å². The van der Waals surface area contributed by atoms with E-state index in [0.29, 0.717) is 11.2 Å². The highest BCUT2D eigenvalue weighted by Gasteiger charge is 2.40. The lowest BCUT2D eigenvalue weighted by Gasteiger charge is -2.23. The fourth-order valence-corrected chi connectivity index (χ4v) is 3.02. The number of rotatable bonds is 1. The van der Waals surface area contributed by atoms with Gasteiger partial charge in [-0.25, -0.2) is 4.98 Å². The van der Waals surface area contributed by atoms with Crippen LogP contribution in [0.3, 0.4) is 0 Å². The molecule has 1 unspecified atom stereocenters. The van der Waals surface area contributed by atoms with Crippen LogP contribution in [0.15, 0.2) is 18.3 Å². The van der Waals surface area contributed by atoms with E-state index >= 15 is 0 Å². The third kappa shape index (κ3) is 2.41. The minimum Gasteiger partial charge on any atom is -0.356 e. The molecule has 2 saturated heterocycles. The molecule has 104 valence electrons. The minimum atomic E-state index is -4.31. The van der Waals surface area contributed by atoms with Crippen molar-refractivity contribution in [3.05, 3.63) is 23.9 Å². The van der Waals surface area contributed by atoms with Gasteiger partial charge in [0.2, 0.25) is 0 Å². The Hall–Kier alpha value is -1.30. The van der Waals surface area contributed by atoms with Crippen LogP contribution < -0.4 is 10.2 Å². The molecule has 6 heteroatoms. The van der Waals surface area contributed by atoms with Crippen LogP contribution in [0.1, 0.15) is 18.4 Å². The van der Waals surface area contributed by atoms with Gasteiger partial charge < -0.3 is 10.2 Å². The summed E-state index contributed by atoms with van der Waals surface area (Å²) in [6.07, 6.45) is -1.16. The molecular weight excluding hydrogens is 255 g/mol. The first kappa shape index (κ1) is 12.7. The molecule has 1 atom stereocenters. The van der Waals surface area contributed by atoms with Gasteiger partial charge in [0.15, 0.2) is 0 Å². The van der Waals surface area contributed by atoms with E-state index in [2.05, 4.69) is 15.2 Å². The summed E-state index contributed by atoms with van der Waals surface area (Å²) in [7, 11) is 0. The van der Waals surface area contributed by atoms with E-state index in [9.17, 15) is 13.2 Å². The molecule has 1 N–H and O–H groups in total. The van der Waals surface area contributed by atoms with Gasteiger partial charge in [0.05, 0.1) is 5.56 Å². The fraction of sp³-hybridized carbons (Fsp3) is 0.615. The van der Waals surface area contributed by atoms with Crippen molar-refractivity contribution < 1.29 is 13.2 Å². The van der Waals surface area contributed by atoms with Crippen molar-refractivity contribution in [1.29, 1.82) is 0 Å². The number of hydrogen-bond acceptors (Lipinski definition) is 3. The third-order valence-corrected chi connectivity index (χ3v) is 4.17. The molecule has 0 saturated carbocycles. The summed E-state index contributed by atoms with van der Waals surface area (Å²) in [4.78, 5) is 6.06. The normalized spacial score (nSPS) is 27.4. The van der Waals surface area contributed by atoms with E-state index < -0.39 is 11.7 Å². The molecule has 1 aromatic heterocycles. The highest BCUT2D eigenvalue weighted by molar-refractivity contribution is 5.42. The summed E-state index contributed by atoms with van der Waals surface area (Å²) in [5.74, 6) is 0.650. The number of alkyl halides is 3. The topological polar surface area (TPSA) is 28.2 Å². The highest BCUT2D eigenvalue weighted by Crippen LogP contribution is 2.38. The first-order valence-electron chi connectivity index (χ1n) is 6.48. The second kappa shape index (κ2) is 4.37. The van der Waals surface area contributed by atoms with Crippen LogP contribution in [0.2, 0.25) is 0 Å². The maximum absolute atomic E-state index is 12.5. The molecule has 3 rings (SSSR count). The van der Waals surface area contributed by atoms with E-state index in [4.69, 9.17) is 0 Å². The molecule has 2 aliphatic rings. The predicted octanol–water partition coefficient (Wildman–Crippen LogP) is 2.29. The van der Waals surface area contributed by atoms with Gasteiger partial charge >= 0.3 is 6.18 Å². The SMILES string of the molecule is FC(F)(F)c1ccc(N2CCC3(CCNC3)C2)nc1. The van der Waals surface area contributed by atoms with Gasteiger partial charge in [-0.2, -0.15) is 13.2 Å². The largest absolute Gasteiger partial charge is 0.417 e. The maximum atomic E-state index is 12.5. The first-order chi connectivity index (χ1) is 8.99. The van der Waals surface area contributed by atoms with Gasteiger partial charge in [-0.3, -0.25) is 0 Å². The minimum absolute atomic E-state index is 0.296. The quantitative estimate of drug-likeness (QED) is 0.849. The smallest absolute Gasteiger partial charge is 0.356 e. The van der Waals surface area contributed by atoms with Gasteiger partial charge in [-0.15, -0.1) is 0 Å². The zero-order chi connectivity index (χ0) is 13.5. The number of anilines is 1. The summed E-state index contributed by atoms with van der Waals surface area (Å²) >= 11 is 0. The van der Waals surface area contributed by atoms with Crippen LogP contribution >= 0.6 is 0 Å². The molecule has 3 nitrogen and oxygen atoms in total. The van der Waals surface area contributed by atoms with E-state index in [-0.39, 0.29) is 0 Å². The van der Waals surface area contributed by atoms with Crippen LogP contribution in [0.25, 0.3) is 0 Å². The Balaban J connectivity index is 1.73. The second-order valence-corrected chi connectivity index (χ2v) is 5.50. The Bertz CT molecular complexity index is 449. The predicted molar refractivity (Wildman–Crippen MR) is 66.0 cm³/mol. The van der Waals surface area contributed by atoms with Gasteiger partial charge in [-0.1, -0.05) is 0 Å². The molecule has 2 fully saturated rings. The Labute approximate surface area is 109 Å². The number of nitrogens with one attached hydrogen (secondary N) is 1. The average Bonchev–Trinajstić information content (AvgIpc) is 3.00. The van der Waals surface area contributed by atoms with Crippen LogP contribution in [-0.4, -0.2) is 31.2 Å². The van der Waals surface area contributed by atoms with Crippen molar-refractivity contribution in [3.8, 4) is 0 Å². The van der Waals surface area contributed by atoms with Crippen molar-refractivity contribution in [2.24, 2.45) is 5.41 Å². The van der Waals surface area contributed by atoms with Crippen LogP contribution in [-0.2, 0) is 6.18 Å². The van der Waals surface area contributed by atoms with E-state index in [1.807, 2.05) is 0 Å². The Morgan fingerprint density at radius 2 is 2.11 bits per heavy atom. The summed E-state index contributed by atoms with van der Waals surface area (Å²) in [5, 5.41) is 3.36. The first-order valence-corrected chi connectivity index (χ1v) is 6.48. The van der Waals surface area contributed by atoms with Gasteiger partial charge in [-0.05, 0) is 31.5 Å². The molecule has 0 amide bonds. The van der Waals surface area contributed by atoms with Crippen molar-refractivity contribution in [2.75, 3.05) is 31.1 Å². The number of hydrogen-bond donors (Lipinski definition) is 1. The molecule has 3 heterocycles. The lowest BCUT2D eigenvalue weighted by molar-refractivity contribution is -0.137. The molecule has 2 aliphatic heterocycles. The standard InChI is InChI=1S/C13H16F3N3/c14-13(15,16)10-1-2-11(18-7-10)19-6-4-12(9-19)3-5-17-8-12/h1-2,7,17H,3-6,8-9H2.